The van der Waals surface area contributed by atoms with E-state index in [9.17, 15) is 31.1 Å². The third-order valence-electron chi connectivity index (χ3n) is 9.00. The summed E-state index contributed by atoms with van der Waals surface area (Å²) in [4.78, 5) is 4.40. The Balaban J connectivity index is 1.43. The second kappa shape index (κ2) is 15.0. The molecule has 3 aliphatic rings. The van der Waals surface area contributed by atoms with Crippen molar-refractivity contribution < 1.29 is 31.1 Å². The summed E-state index contributed by atoms with van der Waals surface area (Å²) in [7, 11) is -3.51. The molecule has 4 heterocycles. The lowest BCUT2D eigenvalue weighted by Crippen LogP contribution is -2.39. The molecule has 0 unspecified atom stereocenters. The van der Waals surface area contributed by atoms with Gasteiger partial charge in [-0.2, -0.15) is 22.6 Å². The Kier molecular flexibility index (Phi) is 11.6. The van der Waals surface area contributed by atoms with Gasteiger partial charge in [0, 0.05) is 73.2 Å². The van der Waals surface area contributed by atoms with Gasteiger partial charge in [-0.1, -0.05) is 19.4 Å². The fourth-order valence-electron chi connectivity index (χ4n) is 6.60. The number of alkyl halides is 4. The summed E-state index contributed by atoms with van der Waals surface area (Å²) in [6, 6.07) is 4.00. The number of rotatable bonds is 12. The van der Waals surface area contributed by atoms with Gasteiger partial charge in [0.25, 0.3) is 0 Å². The zero-order valence-electron chi connectivity index (χ0n) is 25.9. The van der Waals surface area contributed by atoms with Crippen LogP contribution in [0.4, 0.5) is 17.6 Å². The summed E-state index contributed by atoms with van der Waals surface area (Å²) in [6.07, 6.45) is -0.901. The molecule has 0 radical (unpaired) electrons. The summed E-state index contributed by atoms with van der Waals surface area (Å²) in [5, 5.41) is 15.8. The second-order valence-corrected chi connectivity index (χ2v) is 15.7. The standard InChI is InChI=1S/C31H45F4N5O3S2/c1-2-18-45(42,43)39-15-10-28-26(22-39)30(36-40(28)21-25(41)20-38-11-4-3-5-12-38)23-6-7-27(31(33,34)35)29(19-23)44-17-16-37-13-8-24(32)9-14-37/h6-7,19,24-25,41H,2-5,8-18,20-22H2,1H3/t25-/m0/s1. The van der Waals surface area contributed by atoms with E-state index in [1.54, 1.807) is 4.68 Å². The maximum atomic E-state index is 14.1. The lowest BCUT2D eigenvalue weighted by atomic mass is 10.0. The largest absolute Gasteiger partial charge is 0.417 e. The van der Waals surface area contributed by atoms with Crippen LogP contribution in [0.15, 0.2) is 23.1 Å². The highest BCUT2D eigenvalue weighted by molar-refractivity contribution is 7.99. The van der Waals surface area contributed by atoms with Gasteiger partial charge >= 0.3 is 6.18 Å². The van der Waals surface area contributed by atoms with E-state index in [1.807, 2.05) is 6.92 Å². The Morgan fingerprint density at radius 2 is 1.78 bits per heavy atom. The van der Waals surface area contributed by atoms with Crippen molar-refractivity contribution in [3.63, 3.8) is 0 Å². The van der Waals surface area contributed by atoms with Gasteiger partial charge in [0.15, 0.2) is 0 Å². The number of likely N-dealkylation sites (tertiary alicyclic amines) is 2. The zero-order chi connectivity index (χ0) is 32.2. The van der Waals surface area contributed by atoms with Crippen LogP contribution in [0.2, 0.25) is 0 Å². The first-order valence-corrected chi connectivity index (χ1v) is 18.7. The van der Waals surface area contributed by atoms with Gasteiger partial charge in [-0.15, -0.1) is 11.8 Å². The molecular weight excluding hydrogens is 630 g/mol. The van der Waals surface area contributed by atoms with Gasteiger partial charge in [0.05, 0.1) is 29.7 Å². The zero-order valence-corrected chi connectivity index (χ0v) is 27.6. The van der Waals surface area contributed by atoms with Crippen LogP contribution in [-0.4, -0.2) is 107 Å². The number of halogens is 4. The first-order chi connectivity index (χ1) is 21.4. The number of aliphatic hydroxyl groups is 1. The predicted molar refractivity (Wildman–Crippen MR) is 168 cm³/mol. The molecule has 5 rings (SSSR count). The minimum atomic E-state index is -4.55. The van der Waals surface area contributed by atoms with Gasteiger partial charge in [-0.25, -0.2) is 12.8 Å². The number of hydrogen-bond acceptors (Lipinski definition) is 7. The number of hydrogen-bond donors (Lipinski definition) is 1. The highest BCUT2D eigenvalue weighted by atomic mass is 32.2. The molecule has 0 saturated carbocycles. The number of sulfonamides is 1. The Morgan fingerprint density at radius 3 is 2.47 bits per heavy atom. The molecular formula is C31H45F4N5O3S2. The van der Waals surface area contributed by atoms with Crippen LogP contribution in [0.1, 0.15) is 62.3 Å². The monoisotopic (exact) mass is 675 g/mol. The van der Waals surface area contributed by atoms with E-state index in [1.165, 1.54) is 22.9 Å². The lowest BCUT2D eigenvalue weighted by Gasteiger charge is -2.29. The summed E-state index contributed by atoms with van der Waals surface area (Å²) in [5.74, 6) is 0.437. The molecule has 1 atom stereocenters. The van der Waals surface area contributed by atoms with E-state index in [2.05, 4.69) is 9.80 Å². The van der Waals surface area contributed by atoms with E-state index < -0.39 is 34.0 Å². The van der Waals surface area contributed by atoms with Gasteiger partial charge in [-0.05, 0) is 57.3 Å². The summed E-state index contributed by atoms with van der Waals surface area (Å²) in [5.41, 5.74) is 1.70. The molecule has 2 saturated heterocycles. The fourth-order valence-corrected chi connectivity index (χ4v) is 9.19. The molecule has 252 valence electrons. The lowest BCUT2D eigenvalue weighted by molar-refractivity contribution is -0.139. The first kappa shape index (κ1) is 34.6. The van der Waals surface area contributed by atoms with Crippen molar-refractivity contribution in [2.24, 2.45) is 0 Å². The maximum absolute atomic E-state index is 14.1. The quantitative estimate of drug-likeness (QED) is 0.250. The van der Waals surface area contributed by atoms with Crippen LogP contribution < -0.4 is 0 Å². The minimum absolute atomic E-state index is 0.0183. The number of aromatic nitrogens is 2. The van der Waals surface area contributed by atoms with Crippen LogP contribution in [0.3, 0.4) is 0 Å². The van der Waals surface area contributed by atoms with Crippen molar-refractivity contribution in [2.45, 2.75) is 88.3 Å². The Hall–Kier alpha value is -1.71. The summed E-state index contributed by atoms with van der Waals surface area (Å²) < 4.78 is 85.0. The molecule has 0 bridgehead atoms. The van der Waals surface area contributed by atoms with Crippen molar-refractivity contribution in [3.8, 4) is 11.3 Å². The highest BCUT2D eigenvalue weighted by Gasteiger charge is 2.35. The van der Waals surface area contributed by atoms with E-state index in [-0.39, 0.29) is 30.3 Å². The molecule has 1 aromatic heterocycles. The van der Waals surface area contributed by atoms with Crippen LogP contribution >= 0.6 is 11.8 Å². The maximum Gasteiger partial charge on any atom is 0.417 e. The summed E-state index contributed by atoms with van der Waals surface area (Å²) >= 11 is 1.12. The van der Waals surface area contributed by atoms with Crippen molar-refractivity contribution in [2.75, 3.05) is 57.3 Å². The first-order valence-electron chi connectivity index (χ1n) is 16.1. The molecule has 0 spiro atoms. The van der Waals surface area contributed by atoms with Crippen LogP contribution in [0.5, 0.6) is 0 Å². The number of fused-ring (bicyclic) bond motifs is 1. The van der Waals surface area contributed by atoms with E-state index in [0.717, 1.165) is 49.5 Å². The topological polar surface area (TPSA) is 81.9 Å². The molecule has 0 amide bonds. The van der Waals surface area contributed by atoms with Crippen molar-refractivity contribution in [1.82, 2.24) is 23.9 Å². The molecule has 2 aromatic rings. The van der Waals surface area contributed by atoms with E-state index >= 15 is 0 Å². The Morgan fingerprint density at radius 1 is 1.04 bits per heavy atom. The minimum Gasteiger partial charge on any atom is -0.390 e. The van der Waals surface area contributed by atoms with Crippen LogP contribution in [-0.2, 0) is 35.7 Å². The van der Waals surface area contributed by atoms with Gasteiger partial charge < -0.3 is 14.9 Å². The van der Waals surface area contributed by atoms with Crippen molar-refractivity contribution >= 4 is 21.8 Å². The third kappa shape index (κ3) is 8.81. The molecule has 8 nitrogen and oxygen atoms in total. The average molecular weight is 676 g/mol. The van der Waals surface area contributed by atoms with Gasteiger partial charge in [0.1, 0.15) is 6.17 Å². The van der Waals surface area contributed by atoms with Crippen LogP contribution in [0, 0.1) is 0 Å². The van der Waals surface area contributed by atoms with Crippen LogP contribution in [0.25, 0.3) is 11.3 Å². The van der Waals surface area contributed by atoms with E-state index in [4.69, 9.17) is 5.10 Å². The Bertz CT molecular complexity index is 1390. The number of β-amino-alcohol motifs (C(OH)–C–C–N with tert-alkyl or cyclic N) is 1. The van der Waals surface area contributed by atoms with Crippen molar-refractivity contribution in [3.05, 3.63) is 35.0 Å². The third-order valence-corrected chi connectivity index (χ3v) is 12.1. The molecule has 1 N–H and O–H groups in total. The molecule has 3 aliphatic heterocycles. The fraction of sp³-hybridized carbons (Fsp3) is 0.710. The number of thioether (sulfide) groups is 1. The summed E-state index contributed by atoms with van der Waals surface area (Å²) in [6.45, 7) is 6.53. The molecule has 2 fully saturated rings. The average Bonchev–Trinajstić information content (AvgIpc) is 3.35. The molecule has 14 heteroatoms. The smallest absolute Gasteiger partial charge is 0.390 e. The predicted octanol–water partition coefficient (Wildman–Crippen LogP) is 5.04. The molecule has 1 aromatic carbocycles. The number of piperidine rings is 2. The van der Waals surface area contributed by atoms with Gasteiger partial charge in [-0.3, -0.25) is 4.68 Å². The number of benzene rings is 1. The highest BCUT2D eigenvalue weighted by Crippen LogP contribution is 2.40. The Labute approximate surface area is 268 Å². The van der Waals surface area contributed by atoms with Crippen molar-refractivity contribution in [1.29, 1.82) is 0 Å². The number of nitrogens with zero attached hydrogens (tertiary/aromatic N) is 5. The molecule has 45 heavy (non-hydrogen) atoms. The number of aliphatic hydroxyl groups excluding tert-OH is 1. The van der Waals surface area contributed by atoms with Gasteiger partial charge in [0.2, 0.25) is 10.0 Å². The second-order valence-electron chi connectivity index (χ2n) is 12.4. The normalized spacial score (nSPS) is 20.4. The molecule has 0 aliphatic carbocycles. The van der Waals surface area contributed by atoms with E-state index in [0.29, 0.717) is 74.4 Å². The SMILES string of the molecule is CCCS(=O)(=O)N1CCc2c(c(-c3ccc(C(F)(F)F)c(SCCN4CCC(F)CC4)c3)nn2C[C@@H](O)CN2CCCCC2)C1.